The van der Waals surface area contributed by atoms with Crippen molar-refractivity contribution in [3.05, 3.63) is 36.0 Å². The topological polar surface area (TPSA) is 125 Å². The molecule has 5 rings (SSSR count). The maximum atomic E-state index is 14.4. The Bertz CT molecular complexity index is 1320. The molecule has 1 saturated carbocycles. The zero-order valence-electron chi connectivity index (χ0n) is 19.2. The Balaban J connectivity index is 1.53. The molecule has 2 aromatic heterocycles. The number of sulfonamides is 1. The molecule has 3 aromatic rings. The Labute approximate surface area is 201 Å². The molecule has 1 aromatic carbocycles. The molecule has 188 valence electrons. The lowest BCUT2D eigenvalue weighted by atomic mass is 9.93. The number of imidazole rings is 1. The van der Waals surface area contributed by atoms with Gasteiger partial charge in [0, 0.05) is 19.1 Å². The summed E-state index contributed by atoms with van der Waals surface area (Å²) in [6.45, 7) is 0.503. The minimum absolute atomic E-state index is 0.115. The van der Waals surface area contributed by atoms with Gasteiger partial charge in [-0.15, -0.1) is 0 Å². The lowest BCUT2D eigenvalue weighted by Gasteiger charge is -2.26. The fraction of sp³-hybridized carbons (Fsp3) is 0.500. The molecule has 0 amide bonds. The van der Waals surface area contributed by atoms with Crippen molar-refractivity contribution in [2.24, 2.45) is 0 Å². The van der Waals surface area contributed by atoms with Crippen LogP contribution in [0.2, 0.25) is 0 Å². The van der Waals surface area contributed by atoms with Gasteiger partial charge in [0.1, 0.15) is 22.8 Å². The van der Waals surface area contributed by atoms with Gasteiger partial charge in [-0.25, -0.2) is 31.5 Å². The molecule has 0 bridgehead atoms. The quantitative estimate of drug-likeness (QED) is 0.465. The first kappa shape index (κ1) is 23.8. The van der Waals surface area contributed by atoms with Crippen molar-refractivity contribution >= 4 is 38.8 Å². The number of rotatable bonds is 6. The summed E-state index contributed by atoms with van der Waals surface area (Å²) < 4.78 is 56.1. The van der Waals surface area contributed by atoms with Crippen LogP contribution in [0.3, 0.4) is 0 Å². The van der Waals surface area contributed by atoms with Crippen LogP contribution in [0.4, 0.5) is 26.4 Å². The van der Waals surface area contributed by atoms with Crippen LogP contribution < -0.4 is 10.6 Å². The summed E-state index contributed by atoms with van der Waals surface area (Å²) in [5.74, 6) is -1.03. The van der Waals surface area contributed by atoms with Gasteiger partial charge in [-0.3, -0.25) is 4.57 Å². The Morgan fingerprint density at radius 1 is 1.09 bits per heavy atom. The molecule has 3 heterocycles. The van der Waals surface area contributed by atoms with E-state index in [1.54, 1.807) is 4.57 Å². The lowest BCUT2D eigenvalue weighted by Crippen LogP contribution is -2.29. The Hall–Kier alpha value is -2.90. The maximum absolute atomic E-state index is 14.4. The number of nitrogens with one attached hydrogen (secondary N) is 2. The zero-order chi connectivity index (χ0) is 24.7. The summed E-state index contributed by atoms with van der Waals surface area (Å²) in [5, 5.41) is 15.8. The van der Waals surface area contributed by atoms with E-state index in [0.29, 0.717) is 42.9 Å². The first-order valence-corrected chi connectivity index (χ1v) is 13.4. The number of anilines is 3. The summed E-state index contributed by atoms with van der Waals surface area (Å²) in [4.78, 5) is 13.5. The monoisotopic (exact) mass is 507 g/mol. The molecule has 2 fully saturated rings. The van der Waals surface area contributed by atoms with Gasteiger partial charge in [0.2, 0.25) is 21.9 Å². The van der Waals surface area contributed by atoms with E-state index < -0.39 is 21.7 Å². The van der Waals surface area contributed by atoms with E-state index in [1.807, 2.05) is 0 Å². The summed E-state index contributed by atoms with van der Waals surface area (Å²) >= 11 is 0. The number of aliphatic hydroxyl groups is 1. The molecule has 0 radical (unpaired) electrons. The summed E-state index contributed by atoms with van der Waals surface area (Å²) in [6, 6.07) is 3.32. The number of fused-ring (bicyclic) bond motifs is 1. The normalized spacial score (nSPS) is 23.6. The van der Waals surface area contributed by atoms with Gasteiger partial charge in [-0.05, 0) is 44.2 Å². The molecule has 1 aliphatic carbocycles. The van der Waals surface area contributed by atoms with E-state index in [9.17, 15) is 22.3 Å². The first-order chi connectivity index (χ1) is 16.7. The van der Waals surface area contributed by atoms with Gasteiger partial charge < -0.3 is 15.7 Å². The molecule has 2 aliphatic rings. The number of para-hydroxylation sites is 1. The molecule has 0 unspecified atom stereocenters. The SMILES string of the molecule is CS(=O)(=O)N1CC[C@@H](n2c(Nc3c(F)cccc3F)nc3cnc(NC4CCC(O)CC4)nc32)C1. The maximum Gasteiger partial charge on any atom is 0.224 e. The molecule has 1 atom stereocenters. The minimum Gasteiger partial charge on any atom is -0.393 e. The number of aromatic nitrogens is 4. The third-order valence-corrected chi connectivity index (χ3v) is 7.89. The van der Waals surface area contributed by atoms with Crippen LogP contribution in [0.1, 0.15) is 38.1 Å². The van der Waals surface area contributed by atoms with Crippen LogP contribution in [0, 0.1) is 11.6 Å². The Morgan fingerprint density at radius 3 is 2.46 bits per heavy atom. The van der Waals surface area contributed by atoms with Crippen molar-refractivity contribution in [3.63, 3.8) is 0 Å². The third-order valence-electron chi connectivity index (χ3n) is 6.62. The highest BCUT2D eigenvalue weighted by Crippen LogP contribution is 2.33. The summed E-state index contributed by atoms with van der Waals surface area (Å²) in [5.41, 5.74) is 0.485. The van der Waals surface area contributed by atoms with Crippen LogP contribution >= 0.6 is 0 Å². The van der Waals surface area contributed by atoms with Crippen molar-refractivity contribution in [3.8, 4) is 0 Å². The minimum atomic E-state index is -3.40. The molecular weight excluding hydrogens is 480 g/mol. The van der Waals surface area contributed by atoms with Crippen molar-refractivity contribution in [2.75, 3.05) is 30.0 Å². The number of aliphatic hydroxyl groups excluding tert-OH is 1. The second-order valence-electron chi connectivity index (χ2n) is 9.14. The third kappa shape index (κ3) is 4.93. The summed E-state index contributed by atoms with van der Waals surface area (Å²) in [7, 11) is -3.40. The molecule has 0 spiro atoms. The highest BCUT2D eigenvalue weighted by Gasteiger charge is 2.33. The number of hydrogen-bond donors (Lipinski definition) is 3. The van der Waals surface area contributed by atoms with Crippen molar-refractivity contribution in [1.82, 2.24) is 23.8 Å². The largest absolute Gasteiger partial charge is 0.393 e. The summed E-state index contributed by atoms with van der Waals surface area (Å²) in [6.07, 6.45) is 5.85. The van der Waals surface area contributed by atoms with E-state index in [1.165, 1.54) is 16.6 Å². The predicted molar refractivity (Wildman–Crippen MR) is 127 cm³/mol. The standard InChI is InChI=1S/C22H27F2N7O3S/c1-35(33,34)30-10-9-14(12-30)31-20-18(27-22(31)28-19-16(23)3-2-4-17(19)24)11-25-21(29-20)26-13-5-7-15(32)8-6-13/h2-4,11,13-15,32H,5-10,12H2,1H3,(H,27,28)(H,25,26,29)/t13?,14-,15?/m1/s1. The highest BCUT2D eigenvalue weighted by molar-refractivity contribution is 7.88. The average Bonchev–Trinajstić information content (AvgIpc) is 3.42. The van der Waals surface area contributed by atoms with Gasteiger partial charge in [-0.2, -0.15) is 4.98 Å². The molecule has 3 N–H and O–H groups in total. The number of hydrogen-bond acceptors (Lipinski definition) is 8. The molecule has 1 aliphatic heterocycles. The Kier molecular flexibility index (Phi) is 6.32. The van der Waals surface area contributed by atoms with Gasteiger partial charge in [0.05, 0.1) is 24.6 Å². The van der Waals surface area contributed by atoms with Crippen LogP contribution in [-0.4, -0.2) is 68.8 Å². The first-order valence-electron chi connectivity index (χ1n) is 11.5. The van der Waals surface area contributed by atoms with E-state index in [4.69, 9.17) is 0 Å². The predicted octanol–water partition coefficient (Wildman–Crippen LogP) is 2.77. The number of nitrogens with zero attached hydrogens (tertiary/aromatic N) is 5. The van der Waals surface area contributed by atoms with Crippen LogP contribution in [-0.2, 0) is 10.0 Å². The van der Waals surface area contributed by atoms with Crippen molar-refractivity contribution in [1.29, 1.82) is 0 Å². The number of halogens is 2. The van der Waals surface area contributed by atoms with E-state index >= 15 is 0 Å². The van der Waals surface area contributed by atoms with E-state index in [2.05, 4.69) is 25.6 Å². The molecule has 1 saturated heterocycles. The highest BCUT2D eigenvalue weighted by atomic mass is 32.2. The van der Waals surface area contributed by atoms with Crippen LogP contribution in [0.25, 0.3) is 11.2 Å². The van der Waals surface area contributed by atoms with Gasteiger partial charge >= 0.3 is 0 Å². The molecule has 35 heavy (non-hydrogen) atoms. The molecule has 13 heteroatoms. The zero-order valence-corrected chi connectivity index (χ0v) is 20.0. The lowest BCUT2D eigenvalue weighted by molar-refractivity contribution is 0.126. The van der Waals surface area contributed by atoms with Crippen molar-refractivity contribution in [2.45, 2.75) is 50.3 Å². The fourth-order valence-electron chi connectivity index (χ4n) is 4.75. The number of benzene rings is 1. The van der Waals surface area contributed by atoms with E-state index in [0.717, 1.165) is 31.2 Å². The Morgan fingerprint density at radius 2 is 1.80 bits per heavy atom. The van der Waals surface area contributed by atoms with Crippen LogP contribution in [0.5, 0.6) is 0 Å². The van der Waals surface area contributed by atoms with Gasteiger partial charge in [0.15, 0.2) is 5.65 Å². The van der Waals surface area contributed by atoms with Gasteiger partial charge in [0.25, 0.3) is 0 Å². The smallest absolute Gasteiger partial charge is 0.224 e. The average molecular weight is 508 g/mol. The van der Waals surface area contributed by atoms with Crippen molar-refractivity contribution < 1.29 is 22.3 Å². The second kappa shape index (κ2) is 9.28. The fourth-order valence-corrected chi connectivity index (χ4v) is 5.63. The van der Waals surface area contributed by atoms with Gasteiger partial charge in [-0.1, -0.05) is 6.07 Å². The molecule has 10 nitrogen and oxygen atoms in total. The molecular formula is C22H27F2N7O3S. The van der Waals surface area contributed by atoms with E-state index in [-0.39, 0.29) is 36.4 Å². The second-order valence-corrected chi connectivity index (χ2v) is 11.1. The van der Waals surface area contributed by atoms with Crippen LogP contribution in [0.15, 0.2) is 24.4 Å².